The first-order valence-electron chi connectivity index (χ1n) is 7.73. The van der Waals surface area contributed by atoms with Crippen molar-refractivity contribution in [3.05, 3.63) is 65.9 Å². The van der Waals surface area contributed by atoms with Crippen LogP contribution in [0.2, 0.25) is 0 Å². The molecule has 0 radical (unpaired) electrons. The molecule has 4 heteroatoms. The first-order chi connectivity index (χ1) is 11.7. The predicted octanol–water partition coefficient (Wildman–Crippen LogP) is 4.74. The molecule has 1 heterocycles. The van der Waals surface area contributed by atoms with Crippen LogP contribution in [0.25, 0.3) is 17.0 Å². The largest absolute Gasteiger partial charge is 0.495 e. The summed E-state index contributed by atoms with van der Waals surface area (Å²) in [6.45, 7) is 2.31. The molecule has 0 aliphatic heterocycles. The number of hydrogen-bond donors (Lipinski definition) is 0. The molecule has 2 aromatic carbocycles. The van der Waals surface area contributed by atoms with Crippen LogP contribution in [0.5, 0.6) is 11.5 Å². The van der Waals surface area contributed by atoms with Crippen LogP contribution in [0.15, 0.2) is 59.2 Å². The Morgan fingerprint density at radius 3 is 2.71 bits per heavy atom. The van der Waals surface area contributed by atoms with E-state index in [4.69, 9.17) is 13.9 Å². The van der Waals surface area contributed by atoms with Crippen LogP contribution >= 0.6 is 0 Å². The first kappa shape index (κ1) is 15.9. The Hall–Kier alpha value is -3.01. The van der Waals surface area contributed by atoms with Gasteiger partial charge in [0.25, 0.3) is 0 Å². The van der Waals surface area contributed by atoms with Gasteiger partial charge in [-0.1, -0.05) is 36.4 Å². The molecule has 0 saturated carbocycles. The number of allylic oxidation sites excluding steroid dienone is 1. The summed E-state index contributed by atoms with van der Waals surface area (Å²) in [5, 5.41) is 0.748. The van der Waals surface area contributed by atoms with Gasteiger partial charge >= 0.3 is 0 Å². The van der Waals surface area contributed by atoms with Crippen molar-refractivity contribution in [2.24, 2.45) is 0 Å². The smallest absolute Gasteiger partial charge is 0.193 e. The molecule has 1 aromatic heterocycles. The van der Waals surface area contributed by atoms with E-state index in [1.54, 1.807) is 24.5 Å². The Morgan fingerprint density at radius 1 is 1.21 bits per heavy atom. The lowest BCUT2D eigenvalue weighted by Gasteiger charge is -2.13. The third kappa shape index (κ3) is 3.04. The van der Waals surface area contributed by atoms with Crippen molar-refractivity contribution >= 4 is 22.8 Å². The summed E-state index contributed by atoms with van der Waals surface area (Å²) in [5.74, 6) is 0.745. The molecule has 0 aliphatic carbocycles. The second kappa shape index (κ2) is 7.04. The number of furan rings is 1. The third-order valence-corrected chi connectivity index (χ3v) is 3.65. The number of ketones is 1. The minimum Gasteiger partial charge on any atom is -0.495 e. The normalized spacial score (nSPS) is 11.1. The molecule has 0 amide bonds. The zero-order chi connectivity index (χ0) is 16.9. The van der Waals surface area contributed by atoms with E-state index in [0.29, 0.717) is 29.3 Å². The lowest BCUT2D eigenvalue weighted by molar-refractivity contribution is 0.104. The zero-order valence-electron chi connectivity index (χ0n) is 13.6. The summed E-state index contributed by atoms with van der Waals surface area (Å²) in [4.78, 5) is 12.8. The van der Waals surface area contributed by atoms with Gasteiger partial charge in [0.15, 0.2) is 5.78 Å². The first-order valence-corrected chi connectivity index (χ1v) is 7.73. The highest BCUT2D eigenvalue weighted by Crippen LogP contribution is 2.38. The Morgan fingerprint density at radius 2 is 2.00 bits per heavy atom. The minimum atomic E-state index is -0.178. The molecule has 24 heavy (non-hydrogen) atoms. The summed E-state index contributed by atoms with van der Waals surface area (Å²) in [6.07, 6.45) is 4.87. The van der Waals surface area contributed by atoms with Crippen LogP contribution < -0.4 is 9.47 Å². The Kier molecular flexibility index (Phi) is 4.66. The maximum atomic E-state index is 12.8. The highest BCUT2D eigenvalue weighted by Gasteiger charge is 2.21. The molecule has 3 aromatic rings. The maximum absolute atomic E-state index is 12.8. The number of methoxy groups -OCH3 is 1. The fraction of sp³-hybridized carbons (Fsp3) is 0.150. The van der Waals surface area contributed by atoms with Gasteiger partial charge in [0, 0.05) is 6.07 Å². The van der Waals surface area contributed by atoms with E-state index in [1.807, 2.05) is 37.3 Å². The summed E-state index contributed by atoms with van der Waals surface area (Å²) in [6, 6.07) is 13.2. The van der Waals surface area contributed by atoms with Crippen LogP contribution in [-0.4, -0.2) is 19.5 Å². The van der Waals surface area contributed by atoms with Crippen molar-refractivity contribution in [1.82, 2.24) is 0 Å². The molecule has 122 valence electrons. The van der Waals surface area contributed by atoms with Crippen LogP contribution in [0, 0.1) is 0 Å². The van der Waals surface area contributed by atoms with Crippen molar-refractivity contribution in [2.75, 3.05) is 13.7 Å². The average Bonchev–Trinajstić information content (AvgIpc) is 3.08. The number of rotatable bonds is 6. The molecule has 3 rings (SSSR count). The quantitative estimate of drug-likeness (QED) is 0.486. The summed E-state index contributed by atoms with van der Waals surface area (Å²) in [7, 11) is 1.54. The van der Waals surface area contributed by atoms with Crippen LogP contribution in [0.1, 0.15) is 22.8 Å². The molecular weight excluding hydrogens is 304 g/mol. The van der Waals surface area contributed by atoms with Crippen LogP contribution in [0.3, 0.4) is 0 Å². The van der Waals surface area contributed by atoms with Crippen molar-refractivity contribution in [3.63, 3.8) is 0 Å². The molecule has 0 atom stereocenters. The van der Waals surface area contributed by atoms with Gasteiger partial charge in [0.2, 0.25) is 0 Å². The lowest BCUT2D eigenvalue weighted by atomic mass is 10.0. The highest BCUT2D eigenvalue weighted by molar-refractivity contribution is 6.13. The van der Waals surface area contributed by atoms with Gasteiger partial charge < -0.3 is 13.9 Å². The number of fused-ring (bicyclic) bond motifs is 1. The fourth-order valence-electron chi connectivity index (χ4n) is 2.59. The number of hydrogen-bond acceptors (Lipinski definition) is 4. The molecule has 0 aliphatic rings. The van der Waals surface area contributed by atoms with Crippen molar-refractivity contribution in [1.29, 1.82) is 0 Å². The van der Waals surface area contributed by atoms with Gasteiger partial charge in [-0.25, -0.2) is 0 Å². The second-order valence-electron chi connectivity index (χ2n) is 5.16. The number of carbonyl (C=O) groups excluding carboxylic acids is 1. The highest BCUT2D eigenvalue weighted by atomic mass is 16.5. The molecule has 4 nitrogen and oxygen atoms in total. The zero-order valence-corrected chi connectivity index (χ0v) is 13.6. The van der Waals surface area contributed by atoms with Gasteiger partial charge in [-0.15, -0.1) is 0 Å². The Labute approximate surface area is 140 Å². The Balaban J connectivity index is 2.07. The second-order valence-corrected chi connectivity index (χ2v) is 5.16. The molecule has 0 unspecified atom stereocenters. The number of carbonyl (C=O) groups is 1. The molecule has 0 fully saturated rings. The van der Waals surface area contributed by atoms with Gasteiger partial charge in [0.1, 0.15) is 22.6 Å². The van der Waals surface area contributed by atoms with Crippen LogP contribution in [0.4, 0.5) is 0 Å². The van der Waals surface area contributed by atoms with Gasteiger partial charge in [-0.2, -0.15) is 0 Å². The van der Waals surface area contributed by atoms with E-state index in [9.17, 15) is 4.79 Å². The van der Waals surface area contributed by atoms with E-state index in [2.05, 4.69) is 0 Å². The SMILES string of the molecule is CCOc1cc2occc2c(OC)c1C(=O)C=Cc1ccccc1. The minimum absolute atomic E-state index is 0.178. The lowest BCUT2D eigenvalue weighted by Crippen LogP contribution is -2.05. The van der Waals surface area contributed by atoms with Gasteiger partial charge in [-0.3, -0.25) is 4.79 Å². The predicted molar refractivity (Wildman–Crippen MR) is 93.7 cm³/mol. The molecule has 0 saturated heterocycles. The topological polar surface area (TPSA) is 48.7 Å². The summed E-state index contributed by atoms with van der Waals surface area (Å²) < 4.78 is 16.5. The summed E-state index contributed by atoms with van der Waals surface area (Å²) >= 11 is 0. The van der Waals surface area contributed by atoms with E-state index >= 15 is 0 Å². The molecular formula is C20H18O4. The number of benzene rings is 2. The number of ether oxygens (including phenoxy) is 2. The van der Waals surface area contributed by atoms with Crippen LogP contribution in [-0.2, 0) is 0 Å². The monoisotopic (exact) mass is 322 g/mol. The molecule has 0 bridgehead atoms. The molecule has 0 N–H and O–H groups in total. The van der Waals surface area contributed by atoms with Crippen molar-refractivity contribution in [2.45, 2.75) is 6.92 Å². The molecule has 0 spiro atoms. The van der Waals surface area contributed by atoms with E-state index < -0.39 is 0 Å². The maximum Gasteiger partial charge on any atom is 0.193 e. The van der Waals surface area contributed by atoms with Crippen molar-refractivity contribution < 1.29 is 18.7 Å². The van der Waals surface area contributed by atoms with Gasteiger partial charge in [-0.05, 0) is 24.6 Å². The Bertz CT molecular complexity index is 875. The average molecular weight is 322 g/mol. The van der Waals surface area contributed by atoms with Gasteiger partial charge in [0.05, 0.1) is 25.4 Å². The van der Waals surface area contributed by atoms with E-state index in [-0.39, 0.29) is 5.78 Å². The standard InChI is InChI=1S/C20H18O4/c1-3-23-18-13-17-15(11-12-24-17)20(22-2)19(18)16(21)10-9-14-7-5-4-6-8-14/h4-13H,3H2,1-2H3. The van der Waals surface area contributed by atoms with E-state index in [0.717, 1.165) is 10.9 Å². The summed E-state index contributed by atoms with van der Waals surface area (Å²) in [5.41, 5.74) is 1.98. The van der Waals surface area contributed by atoms with E-state index in [1.165, 1.54) is 13.2 Å². The fourth-order valence-corrected chi connectivity index (χ4v) is 2.59. The van der Waals surface area contributed by atoms with Crippen molar-refractivity contribution in [3.8, 4) is 11.5 Å². The third-order valence-electron chi connectivity index (χ3n) is 3.65.